The van der Waals surface area contributed by atoms with Crippen molar-refractivity contribution >= 4 is 11.6 Å². The smallest absolute Gasteiger partial charge is 0.307 e. The Kier molecular flexibility index (Phi) is 4.21. The van der Waals surface area contributed by atoms with E-state index in [2.05, 4.69) is 4.98 Å². The number of benzene rings is 1. The molecule has 0 atom stereocenters. The SMILES string of the molecule is Cc1cc(C(=O)N2CCCc3c2cccc3C(F)(F)F)ncc1C#N. The van der Waals surface area contributed by atoms with Gasteiger partial charge in [0.25, 0.3) is 5.91 Å². The van der Waals surface area contributed by atoms with Gasteiger partial charge < -0.3 is 4.90 Å². The van der Waals surface area contributed by atoms with Crippen molar-refractivity contribution in [2.75, 3.05) is 11.4 Å². The van der Waals surface area contributed by atoms with Crippen LogP contribution in [0.25, 0.3) is 0 Å². The van der Waals surface area contributed by atoms with E-state index in [1.54, 1.807) is 6.92 Å². The van der Waals surface area contributed by atoms with Gasteiger partial charge in [0.2, 0.25) is 0 Å². The molecule has 25 heavy (non-hydrogen) atoms. The summed E-state index contributed by atoms with van der Waals surface area (Å²) in [6, 6.07) is 7.33. The number of fused-ring (bicyclic) bond motifs is 1. The van der Waals surface area contributed by atoms with Gasteiger partial charge in [0.05, 0.1) is 11.1 Å². The normalized spacial score (nSPS) is 14.0. The Bertz CT molecular complexity index is 884. The van der Waals surface area contributed by atoms with Gasteiger partial charge in [-0.15, -0.1) is 0 Å². The first kappa shape index (κ1) is 17.0. The molecule has 1 aromatic heterocycles. The predicted molar refractivity (Wildman–Crippen MR) is 85.1 cm³/mol. The van der Waals surface area contributed by atoms with Crippen LogP contribution >= 0.6 is 0 Å². The number of hydrogen-bond acceptors (Lipinski definition) is 3. The van der Waals surface area contributed by atoms with E-state index in [1.165, 1.54) is 29.3 Å². The van der Waals surface area contributed by atoms with Crippen molar-refractivity contribution in [3.05, 3.63) is 58.4 Å². The Morgan fingerprint density at radius 1 is 1.36 bits per heavy atom. The molecule has 0 saturated heterocycles. The maximum absolute atomic E-state index is 13.2. The van der Waals surface area contributed by atoms with Crippen LogP contribution in [-0.2, 0) is 12.6 Å². The first-order valence-corrected chi connectivity index (χ1v) is 7.70. The number of aryl methyl sites for hydroxylation is 1. The van der Waals surface area contributed by atoms with Gasteiger partial charge in [0.15, 0.2) is 0 Å². The molecule has 1 aliphatic rings. The molecule has 1 aliphatic heterocycles. The Labute approximate surface area is 142 Å². The minimum absolute atomic E-state index is 0.113. The number of nitriles is 1. The molecule has 0 spiro atoms. The predicted octanol–water partition coefficient (Wildman–Crippen LogP) is 3.87. The second-order valence-electron chi connectivity index (χ2n) is 5.86. The van der Waals surface area contributed by atoms with Crippen LogP contribution < -0.4 is 4.90 Å². The number of halogens is 3. The van der Waals surface area contributed by atoms with E-state index < -0.39 is 17.6 Å². The Morgan fingerprint density at radius 3 is 2.76 bits per heavy atom. The molecule has 128 valence electrons. The van der Waals surface area contributed by atoms with E-state index in [1.807, 2.05) is 6.07 Å². The van der Waals surface area contributed by atoms with E-state index in [0.717, 1.165) is 6.07 Å². The monoisotopic (exact) mass is 345 g/mol. The van der Waals surface area contributed by atoms with Crippen molar-refractivity contribution in [3.63, 3.8) is 0 Å². The number of anilines is 1. The quantitative estimate of drug-likeness (QED) is 0.788. The third-order valence-corrected chi connectivity index (χ3v) is 4.25. The zero-order valence-electron chi connectivity index (χ0n) is 13.4. The van der Waals surface area contributed by atoms with Crippen LogP contribution in [0.5, 0.6) is 0 Å². The van der Waals surface area contributed by atoms with Crippen molar-refractivity contribution in [1.82, 2.24) is 4.98 Å². The average molecular weight is 345 g/mol. The van der Waals surface area contributed by atoms with Crippen molar-refractivity contribution in [3.8, 4) is 6.07 Å². The van der Waals surface area contributed by atoms with Crippen LogP contribution in [0.3, 0.4) is 0 Å². The maximum atomic E-state index is 13.2. The van der Waals surface area contributed by atoms with Gasteiger partial charge in [0, 0.05) is 18.4 Å². The number of aromatic nitrogens is 1. The summed E-state index contributed by atoms with van der Waals surface area (Å²) in [6.45, 7) is 2.01. The molecule has 2 aromatic rings. The van der Waals surface area contributed by atoms with Crippen LogP contribution in [0, 0.1) is 18.3 Å². The number of carbonyl (C=O) groups is 1. The van der Waals surface area contributed by atoms with Crippen molar-refractivity contribution in [2.45, 2.75) is 25.9 Å². The summed E-state index contributed by atoms with van der Waals surface area (Å²) in [7, 11) is 0. The molecular formula is C18H14F3N3O. The van der Waals surface area contributed by atoms with E-state index >= 15 is 0 Å². The highest BCUT2D eigenvalue weighted by Crippen LogP contribution is 2.39. The highest BCUT2D eigenvalue weighted by Gasteiger charge is 2.36. The lowest BCUT2D eigenvalue weighted by Gasteiger charge is -2.31. The number of nitrogens with zero attached hydrogens (tertiary/aromatic N) is 3. The lowest BCUT2D eigenvalue weighted by atomic mass is 9.95. The third-order valence-electron chi connectivity index (χ3n) is 4.25. The van der Waals surface area contributed by atoms with Crippen molar-refractivity contribution in [2.24, 2.45) is 0 Å². The van der Waals surface area contributed by atoms with Gasteiger partial charge in [0.1, 0.15) is 11.8 Å². The summed E-state index contributed by atoms with van der Waals surface area (Å²) in [5.74, 6) is -0.465. The highest BCUT2D eigenvalue weighted by molar-refractivity contribution is 6.05. The largest absolute Gasteiger partial charge is 0.416 e. The Balaban J connectivity index is 2.03. The minimum Gasteiger partial charge on any atom is -0.307 e. The standard InChI is InChI=1S/C18H14F3N3O/c1-11-8-15(23-10-12(11)9-22)17(25)24-7-3-4-13-14(18(19,20)21)5-2-6-16(13)24/h2,5-6,8,10H,3-4,7H2,1H3. The number of rotatable bonds is 1. The molecule has 1 amide bonds. The van der Waals surface area contributed by atoms with Crippen molar-refractivity contribution < 1.29 is 18.0 Å². The first-order valence-electron chi connectivity index (χ1n) is 7.70. The average Bonchev–Trinajstić information content (AvgIpc) is 2.59. The summed E-state index contributed by atoms with van der Waals surface area (Å²) in [4.78, 5) is 18.1. The van der Waals surface area contributed by atoms with E-state index in [0.29, 0.717) is 24.1 Å². The molecule has 2 heterocycles. The Morgan fingerprint density at radius 2 is 2.12 bits per heavy atom. The van der Waals surface area contributed by atoms with Crippen LogP contribution in [-0.4, -0.2) is 17.4 Å². The molecule has 0 unspecified atom stereocenters. The highest BCUT2D eigenvalue weighted by atomic mass is 19.4. The molecule has 4 nitrogen and oxygen atoms in total. The summed E-state index contributed by atoms with van der Waals surface area (Å²) < 4.78 is 39.7. The summed E-state index contributed by atoms with van der Waals surface area (Å²) >= 11 is 0. The second kappa shape index (κ2) is 6.20. The first-order chi connectivity index (χ1) is 11.8. The van der Waals surface area contributed by atoms with E-state index in [9.17, 15) is 18.0 Å². The fourth-order valence-corrected chi connectivity index (χ4v) is 3.03. The summed E-state index contributed by atoms with van der Waals surface area (Å²) in [5.41, 5.74) is 0.778. The molecule has 7 heteroatoms. The molecule has 3 rings (SSSR count). The van der Waals surface area contributed by atoms with Gasteiger partial charge in [-0.25, -0.2) is 4.98 Å². The van der Waals surface area contributed by atoms with Gasteiger partial charge in [-0.3, -0.25) is 4.79 Å². The zero-order valence-corrected chi connectivity index (χ0v) is 13.4. The van der Waals surface area contributed by atoms with Crippen LogP contribution in [0.1, 0.15) is 39.2 Å². The molecule has 1 aromatic carbocycles. The number of amides is 1. The minimum atomic E-state index is -4.46. The van der Waals surface area contributed by atoms with Crippen LogP contribution in [0.15, 0.2) is 30.5 Å². The zero-order chi connectivity index (χ0) is 18.2. The summed E-state index contributed by atoms with van der Waals surface area (Å²) in [6.07, 6.45) is -2.43. The third kappa shape index (κ3) is 3.07. The van der Waals surface area contributed by atoms with E-state index in [-0.39, 0.29) is 23.4 Å². The molecule has 0 saturated carbocycles. The maximum Gasteiger partial charge on any atom is 0.416 e. The summed E-state index contributed by atoms with van der Waals surface area (Å²) in [5, 5.41) is 8.94. The van der Waals surface area contributed by atoms with E-state index in [4.69, 9.17) is 5.26 Å². The lowest BCUT2D eigenvalue weighted by Crippen LogP contribution is -2.36. The topological polar surface area (TPSA) is 57.0 Å². The molecular weight excluding hydrogens is 331 g/mol. The van der Waals surface area contributed by atoms with Gasteiger partial charge in [-0.2, -0.15) is 18.4 Å². The van der Waals surface area contributed by atoms with Crippen molar-refractivity contribution in [1.29, 1.82) is 5.26 Å². The Hall–Kier alpha value is -2.88. The number of hydrogen-bond donors (Lipinski definition) is 0. The fraction of sp³-hybridized carbons (Fsp3) is 0.278. The van der Waals surface area contributed by atoms with Crippen LogP contribution in [0.2, 0.25) is 0 Å². The molecule has 0 bridgehead atoms. The van der Waals surface area contributed by atoms with Crippen LogP contribution in [0.4, 0.5) is 18.9 Å². The molecule has 0 N–H and O–H groups in total. The van der Waals surface area contributed by atoms with Gasteiger partial charge in [-0.1, -0.05) is 6.07 Å². The molecule has 0 radical (unpaired) electrons. The molecule has 0 aliphatic carbocycles. The number of pyridine rings is 1. The lowest BCUT2D eigenvalue weighted by molar-refractivity contribution is -0.138. The fourth-order valence-electron chi connectivity index (χ4n) is 3.03. The molecule has 0 fully saturated rings. The van der Waals surface area contributed by atoms with Gasteiger partial charge in [-0.05, 0) is 49.1 Å². The second-order valence-corrected chi connectivity index (χ2v) is 5.86. The number of alkyl halides is 3. The number of carbonyl (C=O) groups excluding carboxylic acids is 1. The van der Waals surface area contributed by atoms with Gasteiger partial charge >= 0.3 is 6.18 Å².